The van der Waals surface area contributed by atoms with Crippen molar-refractivity contribution in [1.82, 2.24) is 24.6 Å². The molecular weight excluding hydrogens is 364 g/mol. The number of nitrogens with one attached hydrogen (secondary N) is 2. The number of hydrogen-bond acceptors (Lipinski definition) is 3. The largest absolute Gasteiger partial charge is 0.334 e. The van der Waals surface area contributed by atoms with E-state index >= 15 is 0 Å². The third-order valence-corrected chi connectivity index (χ3v) is 4.62. The Morgan fingerprint density at radius 1 is 1.00 bits per heavy atom. The van der Waals surface area contributed by atoms with Crippen molar-refractivity contribution in [3.8, 4) is 5.69 Å². The van der Waals surface area contributed by atoms with E-state index in [0.29, 0.717) is 12.2 Å². The number of benzene rings is 2. The van der Waals surface area contributed by atoms with Gasteiger partial charge in [-0.25, -0.2) is 14.5 Å². The van der Waals surface area contributed by atoms with Gasteiger partial charge in [0.05, 0.1) is 11.4 Å². The summed E-state index contributed by atoms with van der Waals surface area (Å²) in [7, 11) is 0. The van der Waals surface area contributed by atoms with Crippen LogP contribution in [0.4, 0.5) is 10.5 Å². The lowest BCUT2D eigenvalue weighted by molar-refractivity contribution is 0.251. The van der Waals surface area contributed by atoms with Gasteiger partial charge in [0.15, 0.2) is 0 Å². The first-order valence-electron chi connectivity index (χ1n) is 9.38. The quantitative estimate of drug-likeness (QED) is 0.530. The average molecular weight is 386 g/mol. The molecule has 0 aliphatic rings. The fourth-order valence-electron chi connectivity index (χ4n) is 3.14. The van der Waals surface area contributed by atoms with Crippen LogP contribution in [-0.2, 0) is 13.1 Å². The van der Waals surface area contributed by atoms with Gasteiger partial charge in [0.2, 0.25) is 0 Å². The van der Waals surface area contributed by atoms with Crippen molar-refractivity contribution in [1.29, 1.82) is 0 Å². The minimum Gasteiger partial charge on any atom is -0.334 e. The van der Waals surface area contributed by atoms with E-state index in [1.807, 2.05) is 61.8 Å². The number of carbonyl (C=O) groups excluding carboxylic acids is 1. The Morgan fingerprint density at radius 2 is 1.86 bits per heavy atom. The lowest BCUT2D eigenvalue weighted by Gasteiger charge is -2.12. The third kappa shape index (κ3) is 4.52. The van der Waals surface area contributed by atoms with Crippen molar-refractivity contribution < 1.29 is 4.79 Å². The molecule has 7 heteroatoms. The highest BCUT2D eigenvalue weighted by molar-refractivity contribution is 5.91. The zero-order valence-corrected chi connectivity index (χ0v) is 16.1. The normalized spacial score (nSPS) is 10.7. The Bertz CT molecular complexity index is 1100. The Morgan fingerprint density at radius 3 is 2.66 bits per heavy atom. The van der Waals surface area contributed by atoms with E-state index in [1.54, 1.807) is 17.1 Å². The Labute approximate surface area is 169 Å². The average Bonchev–Trinajstić information content (AvgIpc) is 3.40. The molecule has 0 saturated heterocycles. The SMILES string of the molecule is Cc1nccn1Cc1cccc(CNC(=O)Nc2ccccc2-n2cccn2)c1. The van der Waals surface area contributed by atoms with Crippen molar-refractivity contribution in [2.45, 2.75) is 20.0 Å². The molecule has 0 radical (unpaired) electrons. The van der Waals surface area contributed by atoms with Crippen molar-refractivity contribution in [2.24, 2.45) is 0 Å². The molecule has 146 valence electrons. The van der Waals surface area contributed by atoms with Gasteiger partial charge in [-0.05, 0) is 36.2 Å². The van der Waals surface area contributed by atoms with Gasteiger partial charge in [-0.2, -0.15) is 5.10 Å². The van der Waals surface area contributed by atoms with Gasteiger partial charge >= 0.3 is 6.03 Å². The fourth-order valence-corrected chi connectivity index (χ4v) is 3.14. The molecule has 4 aromatic rings. The van der Waals surface area contributed by atoms with Crippen LogP contribution in [0, 0.1) is 6.92 Å². The minimum atomic E-state index is -0.263. The first kappa shape index (κ1) is 18.5. The van der Waals surface area contributed by atoms with Crippen molar-refractivity contribution in [2.75, 3.05) is 5.32 Å². The maximum atomic E-state index is 12.4. The van der Waals surface area contributed by atoms with Crippen molar-refractivity contribution in [3.63, 3.8) is 0 Å². The summed E-state index contributed by atoms with van der Waals surface area (Å²) in [6.45, 7) is 3.17. The second kappa shape index (κ2) is 8.43. The van der Waals surface area contributed by atoms with Crippen molar-refractivity contribution >= 4 is 11.7 Å². The summed E-state index contributed by atoms with van der Waals surface area (Å²) in [6.07, 6.45) is 7.30. The molecule has 0 saturated carbocycles. The van der Waals surface area contributed by atoms with Crippen LogP contribution in [-0.4, -0.2) is 25.4 Å². The van der Waals surface area contributed by atoms with Crippen LogP contribution in [0.15, 0.2) is 79.4 Å². The minimum absolute atomic E-state index is 0.263. The molecule has 0 fully saturated rings. The van der Waals surface area contributed by atoms with Crippen LogP contribution in [0.2, 0.25) is 0 Å². The molecule has 4 rings (SSSR count). The molecule has 2 aromatic carbocycles. The van der Waals surface area contributed by atoms with Crippen LogP contribution in [0.1, 0.15) is 17.0 Å². The standard InChI is InChI=1S/C22H22N6O/c1-17-23-11-13-27(17)16-19-7-4-6-18(14-19)15-24-22(29)26-20-8-2-3-9-21(20)28-12-5-10-25-28/h2-14H,15-16H2,1H3,(H2,24,26,29). The first-order valence-corrected chi connectivity index (χ1v) is 9.38. The summed E-state index contributed by atoms with van der Waals surface area (Å²) in [5.41, 5.74) is 3.70. The number of anilines is 1. The maximum Gasteiger partial charge on any atom is 0.319 e. The summed E-state index contributed by atoms with van der Waals surface area (Å²) in [5, 5.41) is 10.1. The molecule has 2 aromatic heterocycles. The first-order chi connectivity index (χ1) is 14.2. The number of amides is 2. The summed E-state index contributed by atoms with van der Waals surface area (Å²) in [4.78, 5) is 16.7. The van der Waals surface area contributed by atoms with Gasteiger partial charge in [-0.3, -0.25) is 0 Å². The van der Waals surface area contributed by atoms with Crippen LogP contribution < -0.4 is 10.6 Å². The summed E-state index contributed by atoms with van der Waals surface area (Å²) < 4.78 is 3.81. The van der Waals surface area contributed by atoms with Crippen LogP contribution >= 0.6 is 0 Å². The maximum absolute atomic E-state index is 12.4. The van der Waals surface area contributed by atoms with Crippen molar-refractivity contribution in [3.05, 3.63) is 96.3 Å². The number of urea groups is 1. The molecule has 0 aliphatic carbocycles. The number of aryl methyl sites for hydroxylation is 1. The molecule has 0 unspecified atom stereocenters. The van der Waals surface area contributed by atoms with E-state index in [9.17, 15) is 4.79 Å². The molecule has 2 N–H and O–H groups in total. The molecule has 0 spiro atoms. The lowest BCUT2D eigenvalue weighted by atomic mass is 10.1. The number of imidazole rings is 1. The number of rotatable bonds is 6. The van der Waals surface area contributed by atoms with Crippen LogP contribution in [0.3, 0.4) is 0 Å². The molecule has 0 aliphatic heterocycles. The highest BCUT2D eigenvalue weighted by atomic mass is 16.2. The molecule has 0 bridgehead atoms. The molecule has 7 nitrogen and oxygen atoms in total. The zero-order valence-electron chi connectivity index (χ0n) is 16.1. The van der Waals surface area contributed by atoms with E-state index in [0.717, 1.165) is 29.2 Å². The van der Waals surface area contributed by atoms with Gasteiger partial charge in [-0.1, -0.05) is 36.4 Å². The monoisotopic (exact) mass is 386 g/mol. The second-order valence-corrected chi connectivity index (χ2v) is 6.70. The number of aromatic nitrogens is 4. The van der Waals surface area contributed by atoms with Gasteiger partial charge in [-0.15, -0.1) is 0 Å². The van der Waals surface area contributed by atoms with Crippen LogP contribution in [0.25, 0.3) is 5.69 Å². The highest BCUT2D eigenvalue weighted by Crippen LogP contribution is 2.18. The van der Waals surface area contributed by atoms with E-state index in [1.165, 1.54) is 0 Å². The molecule has 0 atom stereocenters. The predicted molar refractivity (Wildman–Crippen MR) is 112 cm³/mol. The second-order valence-electron chi connectivity index (χ2n) is 6.70. The number of para-hydroxylation sites is 2. The number of carbonyl (C=O) groups is 1. The highest BCUT2D eigenvalue weighted by Gasteiger charge is 2.08. The Hall–Kier alpha value is -3.87. The van der Waals surface area contributed by atoms with Gasteiger partial charge in [0.25, 0.3) is 0 Å². The topological polar surface area (TPSA) is 76.8 Å². The van der Waals surface area contributed by atoms with E-state index in [2.05, 4.69) is 37.4 Å². The third-order valence-electron chi connectivity index (χ3n) is 4.62. The fraction of sp³-hybridized carbons (Fsp3) is 0.136. The van der Waals surface area contributed by atoms with Gasteiger partial charge in [0.1, 0.15) is 5.82 Å². The van der Waals surface area contributed by atoms with Crippen LogP contribution in [0.5, 0.6) is 0 Å². The molecule has 2 heterocycles. The Balaban J connectivity index is 1.38. The molecule has 2 amide bonds. The van der Waals surface area contributed by atoms with Gasteiger partial charge < -0.3 is 15.2 Å². The summed E-state index contributed by atoms with van der Waals surface area (Å²) >= 11 is 0. The van der Waals surface area contributed by atoms with E-state index < -0.39 is 0 Å². The smallest absolute Gasteiger partial charge is 0.319 e. The number of nitrogens with zero attached hydrogens (tertiary/aromatic N) is 4. The lowest BCUT2D eigenvalue weighted by Crippen LogP contribution is -2.28. The molecular formula is C22H22N6O. The Kier molecular flexibility index (Phi) is 5.38. The predicted octanol–water partition coefficient (Wildman–Crippen LogP) is 3.75. The summed E-state index contributed by atoms with van der Waals surface area (Å²) in [5.74, 6) is 0.976. The van der Waals surface area contributed by atoms with E-state index in [-0.39, 0.29) is 6.03 Å². The molecule has 29 heavy (non-hydrogen) atoms. The zero-order chi connectivity index (χ0) is 20.1. The summed E-state index contributed by atoms with van der Waals surface area (Å²) in [6, 6.07) is 17.3. The van der Waals surface area contributed by atoms with Gasteiger partial charge in [0, 0.05) is 37.9 Å². The van der Waals surface area contributed by atoms with E-state index in [4.69, 9.17) is 0 Å². The number of hydrogen-bond donors (Lipinski definition) is 2.